The van der Waals surface area contributed by atoms with E-state index < -0.39 is 223 Å². The number of carbonyl (C=O) groups excluding carboxylic acids is 12. The number of rotatable bonds is 60. The Kier molecular flexibility index (Phi) is 49.9. The minimum absolute atomic E-state index is 0.00345. The maximum atomic E-state index is 14.8. The molecular formula is C68H119N29O20S. The number of benzene rings is 1. The van der Waals surface area contributed by atoms with Gasteiger partial charge in [0.2, 0.25) is 70.9 Å². The third-order valence-corrected chi connectivity index (χ3v) is 17.9. The Bertz CT molecular complexity index is 3570. The van der Waals surface area contributed by atoms with Crippen molar-refractivity contribution in [2.24, 2.45) is 40.1 Å². The lowest BCUT2D eigenvalue weighted by atomic mass is 10.0. The SMILES string of the molecule is CSCC[C@H](NC(=O)[C@H](CCCNC(=N)N)NC(=O)[C@H](CCCNC(=N)N)NC(=O)[C@H](CCCCN)NC(=O)[C@H](C)NC(=O)[C@H](CCCNC(=N)N)NC(=O)CNC(=O)[C@@H](N)[C@@H](C)O)C(=O)N[C@@H](CCC(=O)O)C(=O)N[C@@H](Cc1ccc(O)cc1)C(=O)N[C@@H](CC(=O)O)C(=O)N[C@@H](CCCNC(=N)N)C(=O)N[C@@H](CCCNC(=N)N)C(=O)O. The summed E-state index contributed by atoms with van der Waals surface area (Å²) in [4.78, 5) is 206. The lowest BCUT2D eigenvalue weighted by molar-refractivity contribution is -0.143. The van der Waals surface area contributed by atoms with Crippen LogP contribution in [-0.4, -0.2) is 281 Å². The van der Waals surface area contributed by atoms with Gasteiger partial charge in [-0.3, -0.25) is 94.2 Å². The van der Waals surface area contributed by atoms with Crippen LogP contribution in [0.2, 0.25) is 0 Å². The van der Waals surface area contributed by atoms with Gasteiger partial charge in [0, 0.05) is 45.6 Å². The first kappa shape index (κ1) is 104. The fraction of sp³-hybridized carbons (Fsp3) is 0.618. The van der Waals surface area contributed by atoms with Crippen molar-refractivity contribution in [2.45, 2.75) is 208 Å². The summed E-state index contributed by atoms with van der Waals surface area (Å²) in [6.07, 6.45) is -3.66. The van der Waals surface area contributed by atoms with Gasteiger partial charge in [-0.1, -0.05) is 12.1 Å². The average Bonchev–Trinajstić information content (AvgIpc) is 0.850. The molecular weight excluding hydrogens is 1570 g/mol. The first-order chi connectivity index (χ1) is 55.6. The van der Waals surface area contributed by atoms with Crippen molar-refractivity contribution in [3.05, 3.63) is 29.8 Å². The normalized spacial score (nSPS) is 14.1. The van der Waals surface area contributed by atoms with Gasteiger partial charge in [0.15, 0.2) is 29.8 Å². The maximum absolute atomic E-state index is 14.8. The fourth-order valence-electron chi connectivity index (χ4n) is 10.8. The van der Waals surface area contributed by atoms with Crippen LogP contribution in [0.3, 0.4) is 0 Å². The first-order valence-corrected chi connectivity index (χ1v) is 39.1. The number of phenols is 1. The minimum Gasteiger partial charge on any atom is -0.508 e. The molecule has 0 radical (unpaired) electrons. The van der Waals surface area contributed by atoms with Crippen LogP contribution in [0.4, 0.5) is 0 Å². The molecule has 50 heteroatoms. The zero-order chi connectivity index (χ0) is 89.1. The summed E-state index contributed by atoms with van der Waals surface area (Å²) in [7, 11) is 0. The van der Waals surface area contributed by atoms with Gasteiger partial charge in [0.25, 0.3) is 0 Å². The van der Waals surface area contributed by atoms with Gasteiger partial charge in [-0.2, -0.15) is 11.8 Å². The molecule has 0 saturated heterocycles. The number of aromatic hydroxyl groups is 1. The predicted octanol–water partition coefficient (Wildman–Crippen LogP) is -10.3. The minimum atomic E-state index is -2.08. The second-order valence-corrected chi connectivity index (χ2v) is 28.1. The molecule has 1 aromatic carbocycles. The number of unbranched alkanes of at least 4 members (excludes halogenated alkanes) is 1. The molecule has 0 bridgehead atoms. The first-order valence-electron chi connectivity index (χ1n) is 37.7. The van der Waals surface area contributed by atoms with E-state index in [2.05, 4.69) is 90.4 Å². The van der Waals surface area contributed by atoms with Crippen LogP contribution in [0.1, 0.15) is 129 Å². The van der Waals surface area contributed by atoms with Gasteiger partial charge >= 0.3 is 17.9 Å². The molecule has 118 heavy (non-hydrogen) atoms. The van der Waals surface area contributed by atoms with Crippen molar-refractivity contribution < 1.29 is 97.5 Å². The number of hydrogen-bond acceptors (Lipinski definition) is 25. The summed E-state index contributed by atoms with van der Waals surface area (Å²) in [6.45, 7) is 1.91. The molecule has 0 spiro atoms. The highest BCUT2D eigenvalue weighted by molar-refractivity contribution is 7.98. The molecule has 13 atom stereocenters. The Morgan fingerprint density at radius 3 is 1.08 bits per heavy atom. The molecule has 0 saturated carbocycles. The summed E-state index contributed by atoms with van der Waals surface area (Å²) in [5.41, 5.74) is 38.8. The Labute approximate surface area is 684 Å². The number of hydrogen-bond donors (Lipinski definition) is 34. The van der Waals surface area contributed by atoms with E-state index in [9.17, 15) is 97.5 Å². The van der Waals surface area contributed by atoms with Crippen LogP contribution in [0, 0.1) is 27.0 Å². The number of phenolic OH excluding ortho intramolecular Hbond substituents is 1. The van der Waals surface area contributed by atoms with Gasteiger partial charge in [0.1, 0.15) is 78.3 Å². The van der Waals surface area contributed by atoms with Crippen LogP contribution in [0.15, 0.2) is 24.3 Å². The molecule has 41 N–H and O–H groups in total. The number of aliphatic hydroxyl groups excluding tert-OH is 1. The van der Waals surface area contributed by atoms with Gasteiger partial charge < -0.3 is 156 Å². The van der Waals surface area contributed by atoms with E-state index in [0.717, 1.165) is 0 Å². The number of nitrogens with one attached hydrogen (secondary N) is 22. The number of aliphatic hydroxyl groups is 1. The van der Waals surface area contributed by atoms with E-state index in [-0.39, 0.29) is 146 Å². The van der Waals surface area contributed by atoms with Crippen molar-refractivity contribution in [1.82, 2.24) is 90.4 Å². The monoisotopic (exact) mass is 1690 g/mol. The summed E-state index contributed by atoms with van der Waals surface area (Å²) in [6, 6.07) is -14.5. The molecule has 49 nitrogen and oxygen atoms in total. The lowest BCUT2D eigenvalue weighted by Crippen LogP contribution is -2.61. The molecule has 0 fully saturated rings. The van der Waals surface area contributed by atoms with Gasteiger partial charge in [-0.15, -0.1) is 0 Å². The fourth-order valence-corrected chi connectivity index (χ4v) is 11.3. The Hall–Kier alpha value is -12.3. The lowest BCUT2D eigenvalue weighted by Gasteiger charge is -2.28. The Morgan fingerprint density at radius 1 is 0.390 bits per heavy atom. The van der Waals surface area contributed by atoms with Crippen molar-refractivity contribution in [3.63, 3.8) is 0 Å². The van der Waals surface area contributed by atoms with Crippen LogP contribution in [0.25, 0.3) is 0 Å². The number of aliphatic carboxylic acids is 3. The van der Waals surface area contributed by atoms with Crippen molar-refractivity contribution >= 4 is 130 Å². The van der Waals surface area contributed by atoms with Gasteiger partial charge in [-0.05, 0) is 146 Å². The number of thioether (sulfide) groups is 1. The van der Waals surface area contributed by atoms with E-state index in [0.29, 0.717) is 6.42 Å². The van der Waals surface area contributed by atoms with Crippen LogP contribution < -0.4 is 131 Å². The van der Waals surface area contributed by atoms with Crippen molar-refractivity contribution in [1.29, 1.82) is 27.0 Å². The molecule has 12 amide bonds. The number of guanidine groups is 5. The zero-order valence-corrected chi connectivity index (χ0v) is 66.8. The molecule has 1 aromatic rings. The highest BCUT2D eigenvalue weighted by Gasteiger charge is 2.38. The predicted molar refractivity (Wildman–Crippen MR) is 430 cm³/mol. The van der Waals surface area contributed by atoms with E-state index in [4.69, 9.17) is 67.2 Å². The zero-order valence-electron chi connectivity index (χ0n) is 66.0. The molecule has 0 aliphatic heterocycles. The number of carbonyl (C=O) groups is 15. The second kappa shape index (κ2) is 56.8. The Morgan fingerprint density at radius 2 is 0.712 bits per heavy atom. The largest absolute Gasteiger partial charge is 0.508 e. The quantitative estimate of drug-likeness (QED) is 0.0164. The van der Waals surface area contributed by atoms with Gasteiger partial charge in [0.05, 0.1) is 19.1 Å². The number of carboxylic acids is 3. The molecule has 0 heterocycles. The van der Waals surface area contributed by atoms with Gasteiger partial charge in [-0.25, -0.2) is 4.79 Å². The third-order valence-electron chi connectivity index (χ3n) is 17.2. The molecule has 1 rings (SSSR count). The topological polar surface area (TPSA) is 863 Å². The van der Waals surface area contributed by atoms with Crippen LogP contribution in [-0.2, 0) is 78.3 Å². The van der Waals surface area contributed by atoms with Crippen molar-refractivity contribution in [2.75, 3.05) is 57.8 Å². The number of amides is 12. The molecule has 0 aliphatic rings. The molecule has 0 unspecified atom stereocenters. The molecule has 0 aromatic heterocycles. The smallest absolute Gasteiger partial charge is 0.326 e. The van der Waals surface area contributed by atoms with Crippen LogP contribution in [0.5, 0.6) is 5.75 Å². The van der Waals surface area contributed by atoms with E-state index in [1.807, 2.05) is 0 Å². The van der Waals surface area contributed by atoms with E-state index in [1.165, 1.54) is 49.9 Å². The Balaban J connectivity index is 3.89. The number of carboxylic acid groups (broad SMARTS) is 3. The summed E-state index contributed by atoms with van der Waals surface area (Å²) >= 11 is 1.19. The third kappa shape index (κ3) is 45.1. The molecule has 0 aliphatic carbocycles. The summed E-state index contributed by atoms with van der Waals surface area (Å²) < 4.78 is 0. The van der Waals surface area contributed by atoms with Crippen LogP contribution >= 0.6 is 11.8 Å². The highest BCUT2D eigenvalue weighted by atomic mass is 32.2. The summed E-state index contributed by atoms with van der Waals surface area (Å²) in [5.74, 6) is -19.7. The summed E-state index contributed by atoms with van der Waals surface area (Å²) in [5, 5.41) is 129. The average molecular weight is 1690 g/mol. The standard InChI is InChI=1S/C68H119N29O20S/c1-34(87-53(106)38(12-6-25-81-64(71)72)88-48(100)33-86-62(115)51(70)35(2)98)52(105)89-39(11-4-5-24-69)54(107)90-40(13-7-26-82-65(73)74)55(108)91-41(14-8-27-83-66(75)76)56(109)94-44(23-30-118-3)59(112)93-43(21-22-49(101)102)58(111)96-46(31-36-17-19-37(99)20-18-36)60(113)97-47(32-50(103)104)61(114)92-42(15-9-28-84-67(77)78)57(110)95-45(63(116)117)16-10-29-85-68(79)80/h17-20,34-35,38-47,51,98-99H,4-16,21-33,69-70H2,1-3H3,(H,86,115)(H,87,106)(H,88,100)(H,89,105)(H,90,107)(H,91,108)(H,92,114)(H,93,112)(H,94,109)(H,95,110)(H,96,111)(H,97,113)(H,101,102)(H,103,104)(H,116,117)(H4,71,72,81)(H4,73,74,82)(H4,75,76,83)(H4,77,78,84)(H4,79,80,85)/t34-,35+,38-,39-,40-,41-,42-,43-,44-,45-,46-,47-,51-/m0/s1. The van der Waals surface area contributed by atoms with Crippen molar-refractivity contribution in [3.8, 4) is 5.75 Å². The van der Waals surface area contributed by atoms with E-state index in [1.54, 1.807) is 6.26 Å². The van der Waals surface area contributed by atoms with E-state index >= 15 is 0 Å². The second-order valence-electron chi connectivity index (χ2n) is 27.1. The maximum Gasteiger partial charge on any atom is 0.326 e. The highest BCUT2D eigenvalue weighted by Crippen LogP contribution is 2.15. The number of nitrogens with two attached hydrogens (primary N) is 7. The molecule has 662 valence electrons.